The van der Waals surface area contributed by atoms with E-state index >= 15 is 0 Å². The fraction of sp³-hybridized carbons (Fsp3) is 1.00. The second-order valence-electron chi connectivity index (χ2n) is 9.32. The fourth-order valence-corrected chi connectivity index (χ4v) is 11.0. The van der Waals surface area contributed by atoms with E-state index in [0.29, 0.717) is 0 Å². The third-order valence-electron chi connectivity index (χ3n) is 6.27. The minimum absolute atomic E-state index is 0.925. The topological polar surface area (TPSA) is 66.8 Å². The summed E-state index contributed by atoms with van der Waals surface area (Å²) in [5.74, 6) is 0. The Kier molecular flexibility index (Phi) is 20.5. The summed E-state index contributed by atoms with van der Waals surface area (Å²) in [6.45, 7) is 6.69. The molecule has 0 saturated heterocycles. The molecule has 0 amide bonds. The normalized spacial score (nSPS) is 13.1. The van der Waals surface area contributed by atoms with E-state index < -0.39 is 15.3 Å². The van der Waals surface area contributed by atoms with Gasteiger partial charge in [0.15, 0.2) is 0 Å². The Morgan fingerprint density at radius 2 is 0.800 bits per heavy atom. The number of hydrogen-bond donors (Lipinski definition) is 2. The second kappa shape index (κ2) is 20.2. The van der Waals surface area contributed by atoms with Crippen LogP contribution in [-0.2, 0) is 8.88 Å². The predicted molar refractivity (Wildman–Crippen MR) is 136 cm³/mol. The SMILES string of the molecule is CCCCCCCC[PH](CCCCCCCC)(CCCCCCCC)OP(=O)(O)O. The van der Waals surface area contributed by atoms with Crippen LogP contribution in [0.5, 0.6) is 0 Å². The summed E-state index contributed by atoms with van der Waals surface area (Å²) in [5, 5.41) is 0. The van der Waals surface area contributed by atoms with Gasteiger partial charge in [0.2, 0.25) is 0 Å². The molecule has 0 aliphatic rings. The average molecular weight is 469 g/mol. The zero-order valence-electron chi connectivity index (χ0n) is 20.5. The van der Waals surface area contributed by atoms with Crippen molar-refractivity contribution >= 4 is 15.3 Å². The molecule has 2 N–H and O–H groups in total. The monoisotopic (exact) mass is 468 g/mol. The van der Waals surface area contributed by atoms with E-state index in [4.69, 9.17) is 4.31 Å². The minimum atomic E-state index is -4.42. The average Bonchev–Trinajstić information content (AvgIpc) is 2.69. The molecular weight excluding hydrogens is 414 g/mol. The van der Waals surface area contributed by atoms with Gasteiger partial charge in [-0.05, 0) is 0 Å². The van der Waals surface area contributed by atoms with E-state index in [1.165, 1.54) is 96.3 Å². The zero-order valence-corrected chi connectivity index (χ0v) is 22.4. The van der Waals surface area contributed by atoms with Crippen molar-refractivity contribution in [3.05, 3.63) is 0 Å². The third kappa shape index (κ3) is 19.2. The first-order chi connectivity index (χ1) is 14.4. The second-order valence-corrected chi connectivity index (χ2v) is 14.9. The van der Waals surface area contributed by atoms with Gasteiger partial charge >= 0.3 is 189 Å². The van der Waals surface area contributed by atoms with E-state index in [1.807, 2.05) is 0 Å². The molecule has 0 atom stereocenters. The van der Waals surface area contributed by atoms with Crippen molar-refractivity contribution < 1.29 is 18.7 Å². The van der Waals surface area contributed by atoms with Crippen LogP contribution in [0.3, 0.4) is 0 Å². The molecule has 0 aliphatic heterocycles. The molecular formula is C24H54O4P2. The van der Waals surface area contributed by atoms with Crippen LogP contribution >= 0.6 is 15.3 Å². The van der Waals surface area contributed by atoms with Crippen molar-refractivity contribution in [2.24, 2.45) is 0 Å². The molecule has 184 valence electrons. The molecule has 0 radical (unpaired) electrons. The molecule has 0 bridgehead atoms. The summed E-state index contributed by atoms with van der Waals surface area (Å²) in [4.78, 5) is 19.4. The van der Waals surface area contributed by atoms with Crippen LogP contribution in [0.2, 0.25) is 0 Å². The molecule has 6 heteroatoms. The van der Waals surface area contributed by atoms with Gasteiger partial charge in [0.05, 0.1) is 0 Å². The fourth-order valence-electron chi connectivity index (χ4n) is 4.45. The van der Waals surface area contributed by atoms with Crippen molar-refractivity contribution in [1.29, 1.82) is 0 Å². The van der Waals surface area contributed by atoms with E-state index in [1.54, 1.807) is 0 Å². The van der Waals surface area contributed by atoms with Gasteiger partial charge in [-0.25, -0.2) is 0 Å². The van der Waals surface area contributed by atoms with Gasteiger partial charge in [-0.3, -0.25) is 0 Å². The number of rotatable bonds is 23. The Balaban J connectivity index is 4.77. The zero-order chi connectivity index (χ0) is 22.6. The summed E-state index contributed by atoms with van der Waals surface area (Å²) in [6.07, 6.45) is 24.7. The molecule has 0 fully saturated rings. The Morgan fingerprint density at radius 1 is 0.533 bits per heavy atom. The van der Waals surface area contributed by atoms with Gasteiger partial charge < -0.3 is 0 Å². The van der Waals surface area contributed by atoms with E-state index in [0.717, 1.165) is 37.7 Å². The first kappa shape index (κ1) is 30.5. The molecule has 0 rings (SSSR count). The summed E-state index contributed by atoms with van der Waals surface area (Å²) >= 11 is 0. The van der Waals surface area contributed by atoms with E-state index in [-0.39, 0.29) is 0 Å². The number of unbranched alkanes of at least 4 members (excludes halogenated alkanes) is 15. The molecule has 0 unspecified atom stereocenters. The van der Waals surface area contributed by atoms with Crippen molar-refractivity contribution in [1.82, 2.24) is 0 Å². The summed E-state index contributed by atoms with van der Waals surface area (Å²) < 4.78 is 17.6. The maximum absolute atomic E-state index is 11.9. The molecule has 0 aromatic carbocycles. The van der Waals surface area contributed by atoms with Crippen LogP contribution < -0.4 is 0 Å². The van der Waals surface area contributed by atoms with Gasteiger partial charge in [-0.2, -0.15) is 0 Å². The Morgan fingerprint density at radius 3 is 1.07 bits per heavy atom. The summed E-state index contributed by atoms with van der Waals surface area (Å²) in [5.41, 5.74) is 0. The van der Waals surface area contributed by atoms with E-state index in [9.17, 15) is 14.4 Å². The van der Waals surface area contributed by atoms with E-state index in [2.05, 4.69) is 20.8 Å². The van der Waals surface area contributed by atoms with Gasteiger partial charge in [-0.15, -0.1) is 0 Å². The van der Waals surface area contributed by atoms with Gasteiger partial charge in [0.25, 0.3) is 0 Å². The Bertz CT molecular complexity index is 371. The third-order valence-corrected chi connectivity index (χ3v) is 12.6. The Hall–Kier alpha value is 0.540. The van der Waals surface area contributed by atoms with Crippen molar-refractivity contribution in [2.45, 2.75) is 136 Å². The van der Waals surface area contributed by atoms with Gasteiger partial charge in [-0.1, -0.05) is 0 Å². The predicted octanol–water partition coefficient (Wildman–Crippen LogP) is 8.84. The quantitative estimate of drug-likeness (QED) is 0.116. The first-order valence-electron chi connectivity index (χ1n) is 13.2. The molecule has 30 heavy (non-hydrogen) atoms. The molecule has 0 heterocycles. The van der Waals surface area contributed by atoms with Crippen LogP contribution in [-0.4, -0.2) is 28.3 Å². The number of hydrogen-bond acceptors (Lipinski definition) is 2. The molecule has 0 saturated carbocycles. The standard InChI is InChI=1S/C24H54O4P2/c1-4-7-10-13-16-19-22-29(28-30(25,26)27,23-20-17-14-11-8-5-2)24-21-18-15-12-9-6-3/h29H,4-24H2,1-3H3,(H2,25,26,27). The number of phosphoric acid groups is 1. The van der Waals surface area contributed by atoms with Crippen LogP contribution in [0.25, 0.3) is 0 Å². The molecule has 0 aliphatic carbocycles. The van der Waals surface area contributed by atoms with Gasteiger partial charge in [0, 0.05) is 0 Å². The van der Waals surface area contributed by atoms with Crippen molar-refractivity contribution in [3.8, 4) is 0 Å². The van der Waals surface area contributed by atoms with Crippen LogP contribution in [0.1, 0.15) is 136 Å². The summed E-state index contributed by atoms with van der Waals surface area (Å²) in [7, 11) is -6.82. The molecule has 4 nitrogen and oxygen atoms in total. The van der Waals surface area contributed by atoms with Crippen molar-refractivity contribution in [2.75, 3.05) is 18.5 Å². The molecule has 0 spiro atoms. The molecule has 0 aromatic heterocycles. The summed E-state index contributed by atoms with van der Waals surface area (Å²) in [6, 6.07) is 0. The van der Waals surface area contributed by atoms with Crippen LogP contribution in [0.4, 0.5) is 0 Å². The van der Waals surface area contributed by atoms with Crippen LogP contribution in [0.15, 0.2) is 0 Å². The Labute approximate surface area is 189 Å². The maximum atomic E-state index is 11.9. The van der Waals surface area contributed by atoms with Crippen LogP contribution in [0, 0.1) is 0 Å². The van der Waals surface area contributed by atoms with Crippen molar-refractivity contribution in [3.63, 3.8) is 0 Å². The molecule has 0 aromatic rings. The first-order valence-corrected chi connectivity index (χ1v) is 17.2. The van der Waals surface area contributed by atoms with Gasteiger partial charge in [0.1, 0.15) is 0 Å².